The van der Waals surface area contributed by atoms with Gasteiger partial charge in [0.25, 0.3) is 0 Å². The Balaban J connectivity index is 2.14. The highest BCUT2D eigenvalue weighted by atomic mass is 15.1. The van der Waals surface area contributed by atoms with E-state index in [0.29, 0.717) is 0 Å². The number of nitrogens with zero attached hydrogens (tertiary/aromatic N) is 1. The number of aromatic nitrogens is 1. The highest BCUT2D eigenvalue weighted by Gasteiger charge is 2.16. The third-order valence-electron chi connectivity index (χ3n) is 3.39. The number of rotatable bonds is 0. The van der Waals surface area contributed by atoms with Crippen molar-refractivity contribution >= 4 is 16.6 Å². The van der Waals surface area contributed by atoms with Gasteiger partial charge >= 0.3 is 0 Å². The van der Waals surface area contributed by atoms with Gasteiger partial charge in [0, 0.05) is 11.1 Å². The van der Waals surface area contributed by atoms with Crippen LogP contribution >= 0.6 is 0 Å². The predicted octanol–water partition coefficient (Wildman–Crippen LogP) is 3.56. The second kappa shape index (κ2) is 3.14. The molecule has 82 valence electrons. The minimum Gasteiger partial charge on any atom is -0.378 e. The predicted molar refractivity (Wildman–Crippen MR) is 70.6 cm³/mol. The first-order valence-corrected chi connectivity index (χ1v) is 5.86. The maximum atomic E-state index is 3.46. The summed E-state index contributed by atoms with van der Waals surface area (Å²) in [5.74, 6) is 0. The second-order valence-electron chi connectivity index (χ2n) is 4.40. The number of benzene rings is 2. The van der Waals surface area contributed by atoms with Crippen molar-refractivity contribution in [3.8, 4) is 5.69 Å². The summed E-state index contributed by atoms with van der Waals surface area (Å²) in [4.78, 5) is 0. The molecule has 2 heteroatoms. The number of nitrogens with one attached hydrogen (secondary N) is 1. The largest absolute Gasteiger partial charge is 0.378 e. The molecule has 0 fully saturated rings. The average molecular weight is 220 g/mol. The first kappa shape index (κ1) is 8.88. The summed E-state index contributed by atoms with van der Waals surface area (Å²) in [6, 6.07) is 19.3. The van der Waals surface area contributed by atoms with E-state index in [1.807, 2.05) is 0 Å². The van der Waals surface area contributed by atoms with E-state index < -0.39 is 0 Å². The lowest BCUT2D eigenvalue weighted by molar-refractivity contribution is 0.931. The topological polar surface area (TPSA) is 17.0 Å². The van der Waals surface area contributed by atoms with Crippen LogP contribution in [0.25, 0.3) is 16.6 Å². The Kier molecular flexibility index (Phi) is 1.64. The molecule has 1 aliphatic rings. The normalized spacial score (nSPS) is 12.9. The maximum Gasteiger partial charge on any atom is 0.0691 e. The molecular formula is C15H12N2. The minimum absolute atomic E-state index is 0.895. The molecule has 4 rings (SSSR count). The van der Waals surface area contributed by atoms with E-state index in [1.54, 1.807) is 0 Å². The molecule has 1 aliphatic heterocycles. The van der Waals surface area contributed by atoms with E-state index >= 15 is 0 Å². The Bertz CT molecular complexity index is 710. The van der Waals surface area contributed by atoms with Gasteiger partial charge in [-0.1, -0.05) is 30.3 Å². The fourth-order valence-electron chi connectivity index (χ4n) is 2.63. The fourth-order valence-corrected chi connectivity index (χ4v) is 2.63. The van der Waals surface area contributed by atoms with Gasteiger partial charge in [-0.15, -0.1) is 0 Å². The summed E-state index contributed by atoms with van der Waals surface area (Å²) in [7, 11) is 0. The van der Waals surface area contributed by atoms with Crippen molar-refractivity contribution in [2.45, 2.75) is 6.54 Å². The average Bonchev–Trinajstić information content (AvgIpc) is 2.77. The Morgan fingerprint density at radius 2 is 1.76 bits per heavy atom. The molecule has 0 atom stereocenters. The van der Waals surface area contributed by atoms with Gasteiger partial charge in [-0.25, -0.2) is 0 Å². The number of hydrogen-bond donors (Lipinski definition) is 1. The molecule has 0 amide bonds. The van der Waals surface area contributed by atoms with Crippen molar-refractivity contribution in [3.05, 3.63) is 60.3 Å². The van der Waals surface area contributed by atoms with Crippen molar-refractivity contribution in [1.29, 1.82) is 0 Å². The molecule has 17 heavy (non-hydrogen) atoms. The fraction of sp³-hybridized carbons (Fsp3) is 0.0667. The smallest absolute Gasteiger partial charge is 0.0691 e. The van der Waals surface area contributed by atoms with Crippen LogP contribution in [0.1, 0.15) is 5.69 Å². The lowest BCUT2D eigenvalue weighted by atomic mass is 10.2. The molecule has 1 aromatic heterocycles. The zero-order valence-corrected chi connectivity index (χ0v) is 9.35. The van der Waals surface area contributed by atoms with Gasteiger partial charge in [0.05, 0.1) is 23.4 Å². The molecule has 0 radical (unpaired) electrons. The Labute approximate surface area is 99.5 Å². The highest BCUT2D eigenvalue weighted by Crippen LogP contribution is 2.32. The SMILES string of the molecule is c1ccc2c(c1)NCc1cc3ccccc3n1-2. The zero-order chi connectivity index (χ0) is 11.2. The molecule has 0 aliphatic carbocycles. The molecule has 2 nitrogen and oxygen atoms in total. The molecule has 0 bridgehead atoms. The van der Waals surface area contributed by atoms with Crippen molar-refractivity contribution in [3.63, 3.8) is 0 Å². The molecule has 0 spiro atoms. The first-order chi connectivity index (χ1) is 8.43. The third kappa shape index (κ3) is 1.15. The van der Waals surface area contributed by atoms with Crippen LogP contribution < -0.4 is 5.32 Å². The van der Waals surface area contributed by atoms with Crippen LogP contribution in [0, 0.1) is 0 Å². The molecule has 0 saturated heterocycles. The molecule has 2 aromatic carbocycles. The van der Waals surface area contributed by atoms with Crippen LogP contribution in [-0.4, -0.2) is 4.57 Å². The molecule has 1 N–H and O–H groups in total. The summed E-state index contributed by atoms with van der Waals surface area (Å²) in [5.41, 5.74) is 5.07. The van der Waals surface area contributed by atoms with Gasteiger partial charge in [0.2, 0.25) is 0 Å². The van der Waals surface area contributed by atoms with E-state index in [2.05, 4.69) is 64.5 Å². The Morgan fingerprint density at radius 3 is 2.76 bits per heavy atom. The molecule has 0 saturated carbocycles. The van der Waals surface area contributed by atoms with E-state index in [0.717, 1.165) is 6.54 Å². The zero-order valence-electron chi connectivity index (χ0n) is 9.35. The van der Waals surface area contributed by atoms with Gasteiger partial charge in [0.1, 0.15) is 0 Å². The standard InChI is InChI=1S/C15H12N2/c1-3-7-14-11(5-1)9-12-10-16-13-6-2-4-8-15(13)17(12)14/h1-9,16H,10H2. The van der Waals surface area contributed by atoms with E-state index in [9.17, 15) is 0 Å². The van der Waals surface area contributed by atoms with E-state index in [1.165, 1.54) is 28.0 Å². The van der Waals surface area contributed by atoms with Crippen molar-refractivity contribution in [2.24, 2.45) is 0 Å². The second-order valence-corrected chi connectivity index (χ2v) is 4.40. The van der Waals surface area contributed by atoms with Gasteiger partial charge in [-0.3, -0.25) is 0 Å². The summed E-state index contributed by atoms with van der Waals surface area (Å²) in [6.45, 7) is 0.895. The Hall–Kier alpha value is -2.22. The summed E-state index contributed by atoms with van der Waals surface area (Å²) in [6.07, 6.45) is 0. The summed E-state index contributed by atoms with van der Waals surface area (Å²) >= 11 is 0. The summed E-state index contributed by atoms with van der Waals surface area (Å²) < 4.78 is 2.35. The van der Waals surface area contributed by atoms with E-state index in [-0.39, 0.29) is 0 Å². The van der Waals surface area contributed by atoms with Crippen molar-refractivity contribution in [1.82, 2.24) is 4.57 Å². The minimum atomic E-state index is 0.895. The number of fused-ring (bicyclic) bond motifs is 5. The highest BCUT2D eigenvalue weighted by molar-refractivity contribution is 5.85. The molecule has 2 heterocycles. The van der Waals surface area contributed by atoms with Crippen LogP contribution in [0.15, 0.2) is 54.6 Å². The lowest BCUT2D eigenvalue weighted by Crippen LogP contribution is -2.14. The quantitative estimate of drug-likeness (QED) is 0.613. The molecule has 3 aromatic rings. The van der Waals surface area contributed by atoms with Crippen LogP contribution in [0.4, 0.5) is 5.69 Å². The van der Waals surface area contributed by atoms with E-state index in [4.69, 9.17) is 0 Å². The van der Waals surface area contributed by atoms with Crippen LogP contribution in [0.5, 0.6) is 0 Å². The van der Waals surface area contributed by atoms with Crippen molar-refractivity contribution < 1.29 is 0 Å². The van der Waals surface area contributed by atoms with Gasteiger partial charge in [-0.2, -0.15) is 0 Å². The van der Waals surface area contributed by atoms with Gasteiger partial charge < -0.3 is 9.88 Å². The maximum absolute atomic E-state index is 3.46. The third-order valence-corrected chi connectivity index (χ3v) is 3.39. The number of anilines is 1. The summed E-state index contributed by atoms with van der Waals surface area (Å²) in [5, 5.41) is 4.77. The van der Waals surface area contributed by atoms with Crippen LogP contribution in [0.3, 0.4) is 0 Å². The number of hydrogen-bond acceptors (Lipinski definition) is 1. The van der Waals surface area contributed by atoms with Gasteiger partial charge in [-0.05, 0) is 24.3 Å². The molecular weight excluding hydrogens is 208 g/mol. The first-order valence-electron chi connectivity index (χ1n) is 5.86. The van der Waals surface area contributed by atoms with Crippen molar-refractivity contribution in [2.75, 3.05) is 5.32 Å². The lowest BCUT2D eigenvalue weighted by Gasteiger charge is -2.21. The van der Waals surface area contributed by atoms with Crippen LogP contribution in [0.2, 0.25) is 0 Å². The number of para-hydroxylation sites is 3. The molecule has 0 unspecified atom stereocenters. The van der Waals surface area contributed by atoms with Crippen LogP contribution in [-0.2, 0) is 6.54 Å². The van der Waals surface area contributed by atoms with Gasteiger partial charge in [0.15, 0.2) is 0 Å². The monoisotopic (exact) mass is 220 g/mol. The Morgan fingerprint density at radius 1 is 0.941 bits per heavy atom.